The number of aliphatic hydroxyl groups is 1. The van der Waals surface area contributed by atoms with E-state index < -0.39 is 28.0 Å². The topological polar surface area (TPSA) is 128 Å². The highest BCUT2D eigenvalue weighted by Gasteiger charge is 2.32. The van der Waals surface area contributed by atoms with Crippen molar-refractivity contribution in [2.24, 2.45) is 5.92 Å². The predicted octanol–water partition coefficient (Wildman–Crippen LogP) is 3.75. The Balaban J connectivity index is 1.59. The molecule has 3 amide bonds. The van der Waals surface area contributed by atoms with Crippen LogP contribution in [0.2, 0.25) is 0 Å². The van der Waals surface area contributed by atoms with Crippen molar-refractivity contribution in [2.45, 2.75) is 75.5 Å². The molecular formula is C30H41FN4O6S. The summed E-state index contributed by atoms with van der Waals surface area (Å²) in [6.07, 6.45) is 4.74. The number of sulfonamides is 1. The highest BCUT2D eigenvalue weighted by atomic mass is 32.2. The molecule has 2 aromatic rings. The number of nitrogens with zero attached hydrogens (tertiary/aromatic N) is 2. The Kier molecular flexibility index (Phi) is 10.3. The Bertz CT molecular complexity index is 1350. The van der Waals surface area contributed by atoms with Crippen LogP contribution in [-0.2, 0) is 21.2 Å². The summed E-state index contributed by atoms with van der Waals surface area (Å²) in [5.74, 6) is -0.583. The molecule has 42 heavy (non-hydrogen) atoms. The Hall–Kier alpha value is -3.38. The molecule has 1 aliphatic heterocycles. The van der Waals surface area contributed by atoms with Crippen molar-refractivity contribution in [2.75, 3.05) is 31.5 Å². The summed E-state index contributed by atoms with van der Waals surface area (Å²) in [6.45, 7) is 4.04. The Morgan fingerprint density at radius 1 is 1.17 bits per heavy atom. The molecule has 2 aromatic carbocycles. The van der Waals surface area contributed by atoms with E-state index in [-0.39, 0.29) is 54.1 Å². The molecule has 1 aliphatic carbocycles. The number of nitrogens with one attached hydrogen (secondary N) is 2. The molecule has 0 unspecified atom stereocenters. The lowest BCUT2D eigenvalue weighted by atomic mass is 9.96. The molecule has 3 N–H and O–H groups in total. The average molecular weight is 605 g/mol. The molecule has 230 valence electrons. The van der Waals surface area contributed by atoms with Gasteiger partial charge < -0.3 is 25.0 Å². The number of likely N-dealkylation sites (N-methyl/N-ethyl adjacent to an activating group) is 1. The van der Waals surface area contributed by atoms with E-state index in [4.69, 9.17) is 4.74 Å². The monoisotopic (exact) mass is 604 g/mol. The lowest BCUT2D eigenvalue weighted by Gasteiger charge is -2.34. The largest absolute Gasteiger partial charge is 0.488 e. The van der Waals surface area contributed by atoms with Crippen LogP contribution in [0.1, 0.15) is 51.5 Å². The number of amides is 3. The highest BCUT2D eigenvalue weighted by molar-refractivity contribution is 7.92. The lowest BCUT2D eigenvalue weighted by molar-refractivity contribution is -0.134. The molecule has 12 heteroatoms. The SMILES string of the molecule is C[C@H](CO)N1C[C@H](C)[C@H](CN(C)C(=O)NC2CCCCC2)Oc2ccc(NS(=O)(=O)c3ccc(F)cc3)cc2CC1=O. The summed E-state index contributed by atoms with van der Waals surface area (Å²) in [5.41, 5.74) is 0.673. The van der Waals surface area contributed by atoms with Gasteiger partial charge in [-0.05, 0) is 62.2 Å². The molecule has 0 bridgehead atoms. The fourth-order valence-corrected chi connectivity index (χ4v) is 6.47. The predicted molar refractivity (Wildman–Crippen MR) is 157 cm³/mol. The number of fused-ring (bicyclic) bond motifs is 1. The van der Waals surface area contributed by atoms with Crippen molar-refractivity contribution < 1.29 is 32.2 Å². The average Bonchev–Trinajstić information content (AvgIpc) is 3.00. The fourth-order valence-electron chi connectivity index (χ4n) is 5.42. The van der Waals surface area contributed by atoms with Crippen molar-refractivity contribution in [1.29, 1.82) is 0 Å². The number of aliphatic hydroxyl groups excluding tert-OH is 1. The van der Waals surface area contributed by atoms with Crippen LogP contribution >= 0.6 is 0 Å². The number of hydrogen-bond donors (Lipinski definition) is 3. The van der Waals surface area contributed by atoms with Gasteiger partial charge in [-0.2, -0.15) is 0 Å². The van der Waals surface area contributed by atoms with E-state index in [1.807, 2.05) is 6.92 Å². The molecule has 0 saturated heterocycles. The van der Waals surface area contributed by atoms with Gasteiger partial charge >= 0.3 is 6.03 Å². The maximum Gasteiger partial charge on any atom is 0.317 e. The second kappa shape index (κ2) is 13.7. The van der Waals surface area contributed by atoms with E-state index in [9.17, 15) is 27.5 Å². The minimum absolute atomic E-state index is 0.0801. The highest BCUT2D eigenvalue weighted by Crippen LogP contribution is 2.30. The standard InChI is InChI=1S/C30H41FN4O6S/c1-20-17-35(21(2)19-36)29(37)16-22-15-25(33-42(39,40)26-12-9-23(31)10-13-26)11-14-27(22)41-28(20)18-34(3)30(38)32-24-7-5-4-6-8-24/h9-15,20-21,24,28,33,36H,4-8,16-19H2,1-3H3,(H,32,38)/t20-,21+,28-/m0/s1. The van der Waals surface area contributed by atoms with Crippen LogP contribution < -0.4 is 14.8 Å². The number of benzene rings is 2. The molecule has 0 spiro atoms. The number of hydrogen-bond acceptors (Lipinski definition) is 6. The van der Waals surface area contributed by atoms with Crippen LogP contribution in [0.5, 0.6) is 5.75 Å². The van der Waals surface area contributed by atoms with Gasteiger partial charge in [0.15, 0.2) is 0 Å². The molecule has 2 aliphatic rings. The maximum absolute atomic E-state index is 13.4. The van der Waals surface area contributed by atoms with E-state index in [0.717, 1.165) is 37.8 Å². The molecule has 4 rings (SSSR count). The normalized spacial score (nSPS) is 20.8. The Morgan fingerprint density at radius 2 is 1.86 bits per heavy atom. The zero-order valence-corrected chi connectivity index (χ0v) is 25.2. The molecule has 3 atom stereocenters. The van der Waals surface area contributed by atoms with Crippen molar-refractivity contribution in [3.05, 3.63) is 53.8 Å². The summed E-state index contributed by atoms with van der Waals surface area (Å²) >= 11 is 0. The zero-order chi connectivity index (χ0) is 30.4. The third-order valence-corrected chi connectivity index (χ3v) is 9.42. The number of halogens is 1. The molecule has 1 heterocycles. The van der Waals surface area contributed by atoms with E-state index in [0.29, 0.717) is 17.9 Å². The zero-order valence-electron chi connectivity index (χ0n) is 24.4. The van der Waals surface area contributed by atoms with Gasteiger partial charge in [-0.3, -0.25) is 9.52 Å². The molecule has 0 radical (unpaired) electrons. The smallest absolute Gasteiger partial charge is 0.317 e. The first-order chi connectivity index (χ1) is 20.0. The minimum Gasteiger partial charge on any atom is -0.488 e. The number of rotatable bonds is 8. The number of carbonyl (C=O) groups is 2. The van der Waals surface area contributed by atoms with Crippen LogP contribution in [0, 0.1) is 11.7 Å². The quantitative estimate of drug-likeness (QED) is 0.421. The van der Waals surface area contributed by atoms with Crippen molar-refractivity contribution in [3.63, 3.8) is 0 Å². The van der Waals surface area contributed by atoms with Gasteiger partial charge in [-0.25, -0.2) is 17.6 Å². The first-order valence-corrected chi connectivity index (χ1v) is 15.9. The number of anilines is 1. The first-order valence-electron chi connectivity index (χ1n) is 14.5. The van der Waals surface area contributed by atoms with E-state index in [2.05, 4.69) is 10.0 Å². The summed E-state index contributed by atoms with van der Waals surface area (Å²) < 4.78 is 48.1. The van der Waals surface area contributed by atoms with Crippen LogP contribution in [0.25, 0.3) is 0 Å². The van der Waals surface area contributed by atoms with E-state index in [1.54, 1.807) is 35.9 Å². The second-order valence-corrected chi connectivity index (χ2v) is 13.1. The van der Waals surface area contributed by atoms with Gasteiger partial charge in [-0.15, -0.1) is 0 Å². The van der Waals surface area contributed by atoms with Crippen LogP contribution in [0.4, 0.5) is 14.9 Å². The van der Waals surface area contributed by atoms with Crippen molar-refractivity contribution >= 4 is 27.6 Å². The third kappa shape index (κ3) is 7.91. The van der Waals surface area contributed by atoms with Crippen LogP contribution in [0.15, 0.2) is 47.4 Å². The fraction of sp³-hybridized carbons (Fsp3) is 0.533. The summed E-state index contributed by atoms with van der Waals surface area (Å²) in [6, 6.07) is 8.69. The molecule has 1 fully saturated rings. The van der Waals surface area contributed by atoms with Gasteiger partial charge in [0.05, 0.1) is 30.5 Å². The number of urea groups is 1. The maximum atomic E-state index is 13.4. The van der Waals surface area contributed by atoms with Crippen molar-refractivity contribution in [3.8, 4) is 5.75 Å². The number of carbonyl (C=O) groups excluding carboxylic acids is 2. The van der Waals surface area contributed by atoms with Gasteiger partial charge in [0, 0.05) is 36.8 Å². The Morgan fingerprint density at radius 3 is 2.52 bits per heavy atom. The van der Waals surface area contributed by atoms with Crippen LogP contribution in [-0.4, -0.2) is 80.2 Å². The second-order valence-electron chi connectivity index (χ2n) is 11.4. The van der Waals surface area contributed by atoms with Gasteiger partial charge in [0.1, 0.15) is 17.7 Å². The molecule has 10 nitrogen and oxygen atoms in total. The van der Waals surface area contributed by atoms with Gasteiger partial charge in [0.2, 0.25) is 5.91 Å². The number of ether oxygens (including phenoxy) is 1. The minimum atomic E-state index is -4.02. The summed E-state index contributed by atoms with van der Waals surface area (Å²) in [5, 5.41) is 13.0. The van der Waals surface area contributed by atoms with Crippen LogP contribution in [0.3, 0.4) is 0 Å². The van der Waals surface area contributed by atoms with Crippen molar-refractivity contribution in [1.82, 2.24) is 15.1 Å². The molecular weight excluding hydrogens is 563 g/mol. The molecule has 0 aromatic heterocycles. The van der Waals surface area contributed by atoms with Gasteiger partial charge in [0.25, 0.3) is 10.0 Å². The third-order valence-electron chi connectivity index (χ3n) is 8.03. The van der Waals surface area contributed by atoms with Gasteiger partial charge in [-0.1, -0.05) is 26.2 Å². The van der Waals surface area contributed by atoms with E-state index in [1.165, 1.54) is 24.6 Å². The first kappa shape index (κ1) is 31.6. The van der Waals surface area contributed by atoms with E-state index >= 15 is 0 Å². The Labute approximate surface area is 247 Å². The lowest BCUT2D eigenvalue weighted by Crippen LogP contribution is -2.50. The summed E-state index contributed by atoms with van der Waals surface area (Å²) in [4.78, 5) is 29.6. The molecule has 1 saturated carbocycles. The summed E-state index contributed by atoms with van der Waals surface area (Å²) in [7, 11) is -2.30.